The second-order valence-electron chi connectivity index (χ2n) is 7.50. The molecule has 0 spiro atoms. The molecule has 0 radical (unpaired) electrons. The van der Waals surface area contributed by atoms with Crippen LogP contribution in [0.5, 0.6) is 0 Å². The van der Waals surface area contributed by atoms with Crippen LogP contribution in [0.4, 0.5) is 0 Å². The second kappa shape index (κ2) is 11.6. The maximum Gasteiger partial charge on any atom is 0.290 e. The third-order valence-corrected chi connectivity index (χ3v) is 6.21. The summed E-state index contributed by atoms with van der Waals surface area (Å²) in [4.78, 5) is 39.5. The first kappa shape index (κ1) is 24.5. The van der Waals surface area contributed by atoms with Crippen molar-refractivity contribution in [3.05, 3.63) is 33.5 Å². The van der Waals surface area contributed by atoms with Crippen molar-refractivity contribution in [1.82, 2.24) is 30.3 Å². The molecule has 0 unspecified atom stereocenters. The minimum Gasteiger partial charge on any atom is -0.483 e. The number of carbonyl (C=O) groups is 3. The molecule has 0 bridgehead atoms. The fourth-order valence-electron chi connectivity index (χ4n) is 3.52. The SMILES string of the molecule is Cc1nc(CNC(=O)C[C@H]2CC[C@@H](CNC(=O)c3cc(C)n(C)n3)N2C)cs1.O=CO. The molecule has 1 aliphatic rings. The van der Waals surface area contributed by atoms with Gasteiger partial charge in [-0.15, -0.1) is 11.3 Å². The number of hydrogen-bond acceptors (Lipinski definition) is 7. The van der Waals surface area contributed by atoms with Gasteiger partial charge in [-0.3, -0.25) is 24.0 Å². The predicted octanol–water partition coefficient (Wildman–Crippen LogP) is 1.09. The summed E-state index contributed by atoms with van der Waals surface area (Å²) in [6.45, 7) is 4.65. The Morgan fingerprint density at radius 1 is 1.26 bits per heavy atom. The Hall–Kier alpha value is -2.79. The molecule has 10 nitrogen and oxygen atoms in total. The quantitative estimate of drug-likeness (QED) is 0.539. The zero-order valence-electron chi connectivity index (χ0n) is 18.3. The molecule has 0 saturated carbocycles. The van der Waals surface area contributed by atoms with Crippen LogP contribution in [0.15, 0.2) is 11.4 Å². The standard InChI is InChI=1S/C19H28N6O2S.CH2O2/c1-12-7-17(23-25(12)4)19(27)21-10-16-6-5-15(24(16)3)8-18(26)20-9-14-11-28-13(2)22-14;2-1-3/h7,11,15-16H,5-6,8-10H2,1-4H3,(H,20,26)(H,21,27);1H,(H,2,3)/t15-,16+;/m1./s1. The van der Waals surface area contributed by atoms with Gasteiger partial charge in [0.15, 0.2) is 0 Å². The van der Waals surface area contributed by atoms with Gasteiger partial charge in [0.1, 0.15) is 5.69 Å². The molecule has 0 aromatic carbocycles. The summed E-state index contributed by atoms with van der Waals surface area (Å²) in [5.74, 6) is -0.118. The number of nitrogens with zero attached hydrogens (tertiary/aromatic N) is 4. The number of likely N-dealkylation sites (tertiary alicyclic amines) is 1. The Bertz CT molecular complexity index is 877. The van der Waals surface area contributed by atoms with Crippen molar-refractivity contribution in [1.29, 1.82) is 0 Å². The molecule has 2 amide bonds. The molecule has 1 saturated heterocycles. The van der Waals surface area contributed by atoms with Crippen LogP contribution in [0.1, 0.15) is 46.1 Å². The van der Waals surface area contributed by atoms with Crippen LogP contribution in [0.2, 0.25) is 0 Å². The van der Waals surface area contributed by atoms with Crippen molar-refractivity contribution < 1.29 is 19.5 Å². The molecule has 0 aliphatic carbocycles. The number of nitrogens with one attached hydrogen (secondary N) is 2. The molecular weight excluding hydrogens is 420 g/mol. The van der Waals surface area contributed by atoms with Crippen LogP contribution >= 0.6 is 11.3 Å². The average molecular weight is 451 g/mol. The predicted molar refractivity (Wildman–Crippen MR) is 117 cm³/mol. The first-order valence-electron chi connectivity index (χ1n) is 10.0. The van der Waals surface area contributed by atoms with E-state index in [4.69, 9.17) is 9.90 Å². The van der Waals surface area contributed by atoms with E-state index in [1.165, 1.54) is 0 Å². The number of amides is 2. The molecule has 31 heavy (non-hydrogen) atoms. The Labute approximate surface area is 185 Å². The number of hydrogen-bond donors (Lipinski definition) is 3. The van der Waals surface area contributed by atoms with Crippen LogP contribution in [0, 0.1) is 13.8 Å². The van der Waals surface area contributed by atoms with Gasteiger partial charge in [0.25, 0.3) is 12.4 Å². The smallest absolute Gasteiger partial charge is 0.290 e. The van der Waals surface area contributed by atoms with E-state index in [9.17, 15) is 9.59 Å². The largest absolute Gasteiger partial charge is 0.483 e. The molecule has 2 aromatic rings. The molecule has 1 aliphatic heterocycles. The highest BCUT2D eigenvalue weighted by Crippen LogP contribution is 2.24. The van der Waals surface area contributed by atoms with Crippen LogP contribution < -0.4 is 10.6 Å². The highest BCUT2D eigenvalue weighted by molar-refractivity contribution is 7.09. The molecule has 2 atom stereocenters. The average Bonchev–Trinajstić information content (AvgIpc) is 3.39. The van der Waals surface area contributed by atoms with Crippen molar-refractivity contribution in [2.24, 2.45) is 7.05 Å². The van der Waals surface area contributed by atoms with E-state index in [0.717, 1.165) is 29.2 Å². The molecule has 3 rings (SSSR count). The van der Waals surface area contributed by atoms with Crippen molar-refractivity contribution in [3.63, 3.8) is 0 Å². The topological polar surface area (TPSA) is 129 Å². The van der Waals surface area contributed by atoms with Crippen LogP contribution in [0.3, 0.4) is 0 Å². The lowest BCUT2D eigenvalue weighted by molar-refractivity contribution is -0.123. The van der Waals surface area contributed by atoms with E-state index in [1.807, 2.05) is 33.3 Å². The van der Waals surface area contributed by atoms with Gasteiger partial charge in [-0.05, 0) is 39.8 Å². The lowest BCUT2D eigenvalue weighted by atomic mass is 10.1. The van der Waals surface area contributed by atoms with E-state index in [0.29, 0.717) is 25.2 Å². The third kappa shape index (κ3) is 7.14. The summed E-state index contributed by atoms with van der Waals surface area (Å²) < 4.78 is 1.69. The number of carboxylic acid groups (broad SMARTS) is 1. The van der Waals surface area contributed by atoms with Crippen molar-refractivity contribution in [3.8, 4) is 0 Å². The van der Waals surface area contributed by atoms with Crippen LogP contribution in [0.25, 0.3) is 0 Å². The van der Waals surface area contributed by atoms with Gasteiger partial charge in [0.2, 0.25) is 5.91 Å². The Morgan fingerprint density at radius 2 is 1.94 bits per heavy atom. The zero-order valence-corrected chi connectivity index (χ0v) is 19.1. The summed E-state index contributed by atoms with van der Waals surface area (Å²) in [7, 11) is 3.85. The zero-order chi connectivity index (χ0) is 23.0. The number of aryl methyl sites for hydroxylation is 3. The van der Waals surface area contributed by atoms with E-state index in [2.05, 4.69) is 25.6 Å². The van der Waals surface area contributed by atoms with Gasteiger partial charge in [0.05, 0.1) is 17.2 Å². The number of carbonyl (C=O) groups excluding carboxylic acids is 2. The first-order valence-corrected chi connectivity index (χ1v) is 10.9. The van der Waals surface area contributed by atoms with Crippen molar-refractivity contribution >= 4 is 29.6 Å². The van der Waals surface area contributed by atoms with Gasteiger partial charge in [-0.25, -0.2) is 4.98 Å². The maximum atomic E-state index is 12.3. The lowest BCUT2D eigenvalue weighted by Gasteiger charge is -2.25. The number of rotatable bonds is 7. The molecular formula is C20H30N6O4S. The third-order valence-electron chi connectivity index (χ3n) is 5.38. The van der Waals surface area contributed by atoms with E-state index >= 15 is 0 Å². The number of aromatic nitrogens is 3. The van der Waals surface area contributed by atoms with Crippen LogP contribution in [-0.2, 0) is 23.2 Å². The van der Waals surface area contributed by atoms with Gasteiger partial charge < -0.3 is 15.7 Å². The summed E-state index contributed by atoms with van der Waals surface area (Å²) in [5.41, 5.74) is 2.29. The molecule has 3 N–H and O–H groups in total. The molecule has 3 heterocycles. The minimum absolute atomic E-state index is 0.0381. The van der Waals surface area contributed by atoms with Crippen molar-refractivity contribution in [2.75, 3.05) is 13.6 Å². The van der Waals surface area contributed by atoms with Gasteiger partial charge in [-0.1, -0.05) is 0 Å². The van der Waals surface area contributed by atoms with Crippen LogP contribution in [-0.4, -0.2) is 68.7 Å². The van der Waals surface area contributed by atoms with E-state index in [-0.39, 0.29) is 30.4 Å². The summed E-state index contributed by atoms with van der Waals surface area (Å²) in [6, 6.07) is 2.20. The Balaban J connectivity index is 0.00000107. The summed E-state index contributed by atoms with van der Waals surface area (Å²) in [6.07, 6.45) is 2.37. The fourth-order valence-corrected chi connectivity index (χ4v) is 4.13. The second-order valence-corrected chi connectivity index (χ2v) is 8.56. The lowest BCUT2D eigenvalue weighted by Crippen LogP contribution is -2.42. The molecule has 11 heteroatoms. The summed E-state index contributed by atoms with van der Waals surface area (Å²) >= 11 is 1.59. The van der Waals surface area contributed by atoms with Crippen molar-refractivity contribution in [2.45, 2.75) is 51.7 Å². The van der Waals surface area contributed by atoms with E-state index < -0.39 is 0 Å². The number of thiazole rings is 1. The highest BCUT2D eigenvalue weighted by Gasteiger charge is 2.32. The van der Waals surface area contributed by atoms with Gasteiger partial charge >= 0.3 is 0 Å². The molecule has 170 valence electrons. The molecule has 1 fully saturated rings. The maximum absolute atomic E-state index is 12.3. The Morgan fingerprint density at radius 3 is 2.52 bits per heavy atom. The van der Waals surface area contributed by atoms with Gasteiger partial charge in [0, 0.05) is 43.2 Å². The summed E-state index contributed by atoms with van der Waals surface area (Å²) in [5, 5.41) is 20.0. The Kier molecular flexibility index (Phi) is 9.13. The fraction of sp³-hybridized carbons (Fsp3) is 0.550. The normalized spacial score (nSPS) is 18.2. The van der Waals surface area contributed by atoms with Gasteiger partial charge in [-0.2, -0.15) is 5.10 Å². The van der Waals surface area contributed by atoms with E-state index in [1.54, 1.807) is 22.1 Å². The first-order chi connectivity index (χ1) is 14.7. The number of likely N-dealkylation sites (N-methyl/N-ethyl adjacent to an activating group) is 1. The highest BCUT2D eigenvalue weighted by atomic mass is 32.1. The molecule has 2 aromatic heterocycles. The minimum atomic E-state index is -0.250. The monoisotopic (exact) mass is 450 g/mol.